The van der Waals surface area contributed by atoms with E-state index in [1.807, 2.05) is 38.1 Å². The SMILES string of the molecule is Cc1nc2cc(NC(=O)c3cc(C)c(C)s3)ccc2o1. The molecule has 0 aliphatic rings. The fourth-order valence-corrected chi connectivity index (χ4v) is 2.93. The second-order valence-electron chi connectivity index (χ2n) is 4.72. The van der Waals surface area contributed by atoms with Crippen LogP contribution < -0.4 is 5.32 Å². The molecule has 0 radical (unpaired) electrons. The molecule has 0 bridgehead atoms. The van der Waals surface area contributed by atoms with Gasteiger partial charge in [-0.25, -0.2) is 4.98 Å². The highest BCUT2D eigenvalue weighted by atomic mass is 32.1. The van der Waals surface area contributed by atoms with Crippen molar-refractivity contribution >= 4 is 34.0 Å². The van der Waals surface area contributed by atoms with E-state index in [4.69, 9.17) is 4.42 Å². The number of carbonyl (C=O) groups is 1. The summed E-state index contributed by atoms with van der Waals surface area (Å²) in [6, 6.07) is 7.36. The highest BCUT2D eigenvalue weighted by molar-refractivity contribution is 7.14. The molecule has 0 saturated carbocycles. The Hall–Kier alpha value is -2.14. The lowest BCUT2D eigenvalue weighted by atomic mass is 10.2. The van der Waals surface area contributed by atoms with Crippen molar-refractivity contribution in [2.75, 3.05) is 5.32 Å². The van der Waals surface area contributed by atoms with Gasteiger partial charge in [0.2, 0.25) is 0 Å². The van der Waals surface area contributed by atoms with E-state index in [-0.39, 0.29) is 5.91 Å². The van der Waals surface area contributed by atoms with E-state index in [1.54, 1.807) is 6.92 Å². The van der Waals surface area contributed by atoms with E-state index in [9.17, 15) is 4.79 Å². The number of anilines is 1. The zero-order valence-electron chi connectivity index (χ0n) is 11.5. The zero-order chi connectivity index (χ0) is 14.3. The summed E-state index contributed by atoms with van der Waals surface area (Å²) in [5.74, 6) is 0.527. The summed E-state index contributed by atoms with van der Waals surface area (Å²) in [5, 5.41) is 2.89. The molecule has 0 aliphatic heterocycles. The minimum Gasteiger partial charge on any atom is -0.441 e. The Bertz CT molecular complexity index is 782. The molecular formula is C15H14N2O2S. The van der Waals surface area contributed by atoms with E-state index < -0.39 is 0 Å². The Morgan fingerprint density at radius 3 is 2.75 bits per heavy atom. The Balaban J connectivity index is 1.86. The predicted octanol–water partition coefficient (Wildman–Crippen LogP) is 4.07. The van der Waals surface area contributed by atoms with E-state index in [0.29, 0.717) is 5.89 Å². The molecule has 20 heavy (non-hydrogen) atoms. The van der Waals surface area contributed by atoms with Gasteiger partial charge in [-0.05, 0) is 43.7 Å². The summed E-state index contributed by atoms with van der Waals surface area (Å²) in [4.78, 5) is 18.3. The van der Waals surface area contributed by atoms with Crippen LogP contribution in [0.1, 0.15) is 26.0 Å². The fourth-order valence-electron chi connectivity index (χ4n) is 2.00. The smallest absolute Gasteiger partial charge is 0.265 e. The second kappa shape index (κ2) is 4.76. The first-order valence-electron chi connectivity index (χ1n) is 6.28. The summed E-state index contributed by atoms with van der Waals surface area (Å²) in [5.41, 5.74) is 3.34. The number of amides is 1. The number of benzene rings is 1. The molecule has 0 spiro atoms. The number of hydrogen-bond acceptors (Lipinski definition) is 4. The number of thiophene rings is 1. The molecule has 0 aliphatic carbocycles. The van der Waals surface area contributed by atoms with Gasteiger partial charge in [-0.1, -0.05) is 0 Å². The lowest BCUT2D eigenvalue weighted by Gasteiger charge is -2.02. The van der Waals surface area contributed by atoms with Gasteiger partial charge in [0, 0.05) is 17.5 Å². The lowest BCUT2D eigenvalue weighted by Crippen LogP contribution is -2.09. The van der Waals surface area contributed by atoms with Crippen LogP contribution >= 0.6 is 11.3 Å². The summed E-state index contributed by atoms with van der Waals surface area (Å²) in [6.45, 7) is 5.82. The molecule has 102 valence electrons. The van der Waals surface area contributed by atoms with E-state index in [0.717, 1.165) is 32.1 Å². The molecule has 1 N–H and O–H groups in total. The molecule has 0 unspecified atom stereocenters. The number of hydrogen-bond donors (Lipinski definition) is 1. The van der Waals surface area contributed by atoms with Crippen LogP contribution in [0.5, 0.6) is 0 Å². The largest absolute Gasteiger partial charge is 0.441 e. The van der Waals surface area contributed by atoms with Gasteiger partial charge in [0.25, 0.3) is 5.91 Å². The van der Waals surface area contributed by atoms with Crippen molar-refractivity contribution in [1.82, 2.24) is 4.98 Å². The number of fused-ring (bicyclic) bond motifs is 1. The molecule has 0 fully saturated rings. The number of oxazole rings is 1. The molecule has 3 aromatic rings. The summed E-state index contributed by atoms with van der Waals surface area (Å²) < 4.78 is 5.41. The average Bonchev–Trinajstić information content (AvgIpc) is 2.91. The Kier molecular flexibility index (Phi) is 3.06. The van der Waals surface area contributed by atoms with Crippen LogP contribution in [0.25, 0.3) is 11.1 Å². The molecule has 1 amide bonds. The van der Waals surface area contributed by atoms with Crippen molar-refractivity contribution in [2.45, 2.75) is 20.8 Å². The summed E-state index contributed by atoms with van der Waals surface area (Å²) in [6.07, 6.45) is 0. The van der Waals surface area contributed by atoms with Crippen LogP contribution in [-0.4, -0.2) is 10.9 Å². The summed E-state index contributed by atoms with van der Waals surface area (Å²) in [7, 11) is 0. The molecule has 4 nitrogen and oxygen atoms in total. The zero-order valence-corrected chi connectivity index (χ0v) is 12.3. The van der Waals surface area contributed by atoms with Crippen LogP contribution in [-0.2, 0) is 0 Å². The fraction of sp³-hybridized carbons (Fsp3) is 0.200. The van der Waals surface area contributed by atoms with Gasteiger partial charge >= 0.3 is 0 Å². The van der Waals surface area contributed by atoms with Crippen LogP contribution in [0.2, 0.25) is 0 Å². The van der Waals surface area contributed by atoms with Crippen molar-refractivity contribution in [3.63, 3.8) is 0 Å². The van der Waals surface area contributed by atoms with E-state index >= 15 is 0 Å². The number of nitrogens with zero attached hydrogens (tertiary/aromatic N) is 1. The first kappa shape index (κ1) is 12.9. The van der Waals surface area contributed by atoms with Gasteiger partial charge in [0.05, 0.1) is 4.88 Å². The maximum absolute atomic E-state index is 12.2. The molecule has 1 aromatic carbocycles. The van der Waals surface area contributed by atoms with Gasteiger partial charge in [0.1, 0.15) is 5.52 Å². The van der Waals surface area contributed by atoms with E-state index in [1.165, 1.54) is 11.3 Å². The minimum atomic E-state index is -0.0919. The first-order chi connectivity index (χ1) is 9.52. The number of carbonyl (C=O) groups excluding carboxylic acids is 1. The third-order valence-electron chi connectivity index (χ3n) is 3.14. The number of aryl methyl sites for hydroxylation is 3. The molecule has 0 saturated heterocycles. The number of aromatic nitrogens is 1. The van der Waals surface area contributed by atoms with Gasteiger partial charge in [-0.3, -0.25) is 4.79 Å². The molecule has 2 aromatic heterocycles. The predicted molar refractivity (Wildman–Crippen MR) is 80.5 cm³/mol. The van der Waals surface area contributed by atoms with Gasteiger partial charge in [-0.15, -0.1) is 11.3 Å². The van der Waals surface area contributed by atoms with Crippen LogP contribution in [0.3, 0.4) is 0 Å². The standard InChI is InChI=1S/C15H14N2O2S/c1-8-6-14(20-9(8)2)15(18)17-11-4-5-13-12(7-11)16-10(3)19-13/h4-7H,1-3H3,(H,17,18). The number of nitrogens with one attached hydrogen (secondary N) is 1. The highest BCUT2D eigenvalue weighted by Gasteiger charge is 2.11. The van der Waals surface area contributed by atoms with Crippen molar-refractivity contribution in [1.29, 1.82) is 0 Å². The third-order valence-corrected chi connectivity index (χ3v) is 4.29. The van der Waals surface area contributed by atoms with Gasteiger partial charge < -0.3 is 9.73 Å². The highest BCUT2D eigenvalue weighted by Crippen LogP contribution is 2.23. The van der Waals surface area contributed by atoms with Gasteiger partial charge in [-0.2, -0.15) is 0 Å². The number of rotatable bonds is 2. The maximum atomic E-state index is 12.2. The Morgan fingerprint density at radius 2 is 2.05 bits per heavy atom. The van der Waals surface area contributed by atoms with Gasteiger partial charge in [0.15, 0.2) is 11.5 Å². The molecule has 5 heteroatoms. The second-order valence-corrected chi connectivity index (χ2v) is 5.98. The Morgan fingerprint density at radius 1 is 1.25 bits per heavy atom. The average molecular weight is 286 g/mol. The van der Waals surface area contributed by atoms with E-state index in [2.05, 4.69) is 10.3 Å². The van der Waals surface area contributed by atoms with Crippen LogP contribution in [0.15, 0.2) is 28.7 Å². The third kappa shape index (κ3) is 2.32. The maximum Gasteiger partial charge on any atom is 0.265 e. The van der Waals surface area contributed by atoms with Crippen molar-refractivity contribution in [2.24, 2.45) is 0 Å². The Labute approximate surface area is 120 Å². The lowest BCUT2D eigenvalue weighted by molar-refractivity contribution is 0.103. The molecule has 3 rings (SSSR count). The normalized spacial score (nSPS) is 10.9. The minimum absolute atomic E-state index is 0.0919. The molecule has 2 heterocycles. The molecular weight excluding hydrogens is 272 g/mol. The van der Waals surface area contributed by atoms with Crippen molar-refractivity contribution in [3.8, 4) is 0 Å². The van der Waals surface area contributed by atoms with Crippen molar-refractivity contribution in [3.05, 3.63) is 45.5 Å². The molecule has 0 atom stereocenters. The first-order valence-corrected chi connectivity index (χ1v) is 7.10. The monoisotopic (exact) mass is 286 g/mol. The van der Waals surface area contributed by atoms with Crippen molar-refractivity contribution < 1.29 is 9.21 Å². The topological polar surface area (TPSA) is 55.1 Å². The van der Waals surface area contributed by atoms with Crippen LogP contribution in [0.4, 0.5) is 5.69 Å². The quantitative estimate of drug-likeness (QED) is 0.772. The summed E-state index contributed by atoms with van der Waals surface area (Å²) >= 11 is 1.50. The van der Waals surface area contributed by atoms with Crippen LogP contribution in [0, 0.1) is 20.8 Å².